The Balaban J connectivity index is 0. The minimum atomic E-state index is 0. The van der Waals surface area contributed by atoms with Crippen molar-refractivity contribution < 1.29 is 37.9 Å². The summed E-state index contributed by atoms with van der Waals surface area (Å²) in [6.07, 6.45) is 1.52. The molecule has 0 spiro atoms. The summed E-state index contributed by atoms with van der Waals surface area (Å²) in [6.45, 7) is 15.8. The fourth-order valence-corrected chi connectivity index (χ4v) is 2.36. The molecule has 0 aliphatic rings. The lowest BCUT2D eigenvalue weighted by atomic mass is 10.2. The molecule has 22 heavy (non-hydrogen) atoms. The number of quaternary nitrogens is 1. The molecule has 0 saturated carbocycles. The van der Waals surface area contributed by atoms with E-state index in [9.17, 15) is 0 Å². The molecule has 0 unspecified atom stereocenters. The van der Waals surface area contributed by atoms with Gasteiger partial charge in [0.05, 0.1) is 19.4 Å². The van der Waals surface area contributed by atoms with Crippen molar-refractivity contribution >= 4 is 0 Å². The van der Waals surface area contributed by atoms with Gasteiger partial charge in [0.15, 0.2) is 0 Å². The minimum absolute atomic E-state index is 0. The maximum atomic E-state index is 5.88. The smallest absolute Gasteiger partial charge is 0.137 e. The Morgan fingerprint density at radius 3 is 2.32 bits per heavy atom. The first kappa shape index (κ1) is 23.5. The Hall–Kier alpha value is -0.750. The highest BCUT2D eigenvalue weighted by Gasteiger charge is 2.22. The zero-order valence-corrected chi connectivity index (χ0v) is 15.6. The second-order valence-electron chi connectivity index (χ2n) is 5.12. The summed E-state index contributed by atoms with van der Waals surface area (Å²) in [5, 5.41) is 0. The van der Waals surface area contributed by atoms with Crippen LogP contribution < -0.4 is 28.7 Å². The van der Waals surface area contributed by atoms with Crippen LogP contribution in [0.15, 0.2) is 37.1 Å². The van der Waals surface area contributed by atoms with E-state index in [1.165, 1.54) is 11.8 Å². The van der Waals surface area contributed by atoms with Gasteiger partial charge in [-0.25, -0.2) is 0 Å². The average molecular weight is 421 g/mol. The highest BCUT2D eigenvalue weighted by atomic mass is 127. The van der Waals surface area contributed by atoms with Gasteiger partial charge in [0, 0.05) is 0 Å². The molecular weight excluding hydrogens is 389 g/mol. The van der Waals surface area contributed by atoms with Gasteiger partial charge in [0.25, 0.3) is 0 Å². The number of aryl methyl sites for hydroxylation is 1. The van der Waals surface area contributed by atoms with Gasteiger partial charge >= 0.3 is 0 Å². The van der Waals surface area contributed by atoms with Crippen LogP contribution in [0, 0.1) is 6.92 Å². The van der Waals surface area contributed by atoms with Crippen molar-refractivity contribution in [2.75, 3.05) is 39.4 Å². The molecule has 1 rings (SSSR count). The predicted octanol–water partition coefficient (Wildman–Crippen LogP) is 1.03. The Morgan fingerprint density at radius 1 is 1.14 bits per heavy atom. The zero-order chi connectivity index (χ0) is 14.8. The van der Waals surface area contributed by atoms with E-state index in [0.717, 1.165) is 49.6 Å². The van der Waals surface area contributed by atoms with E-state index >= 15 is 0 Å². The largest absolute Gasteiger partial charge is 1.00 e. The minimum Gasteiger partial charge on any atom is -1.00 e. The number of benzene rings is 1. The average Bonchev–Trinajstić information content (AvgIpc) is 2.46. The first-order chi connectivity index (χ1) is 9.65. The van der Waals surface area contributed by atoms with Crippen molar-refractivity contribution in [3.8, 4) is 5.75 Å². The molecule has 0 N–H and O–H groups in total. The van der Waals surface area contributed by atoms with Crippen molar-refractivity contribution in [3.63, 3.8) is 0 Å². The Bertz CT molecular complexity index is 406. The molecule has 1 aromatic carbocycles. The van der Waals surface area contributed by atoms with Crippen LogP contribution >= 0.6 is 0 Å². The zero-order valence-electron chi connectivity index (χ0n) is 13.5. The SMILES string of the molecule is C.C=COCC[N+](CC)(CC)CCOc1cccc(C)c1.[I-]. The second-order valence-corrected chi connectivity index (χ2v) is 5.12. The summed E-state index contributed by atoms with van der Waals surface area (Å²) >= 11 is 0. The van der Waals surface area contributed by atoms with Gasteiger partial charge in [-0.2, -0.15) is 0 Å². The summed E-state index contributed by atoms with van der Waals surface area (Å²) in [5.41, 5.74) is 1.23. The molecule has 0 bridgehead atoms. The van der Waals surface area contributed by atoms with Gasteiger partial charge in [-0.15, -0.1) is 0 Å². The molecule has 0 fully saturated rings. The van der Waals surface area contributed by atoms with Crippen molar-refractivity contribution in [1.82, 2.24) is 0 Å². The molecule has 0 radical (unpaired) electrons. The van der Waals surface area contributed by atoms with Crippen LogP contribution in [0.2, 0.25) is 0 Å². The standard InChI is InChI=1S/C17H28NO2.CH4.HI/c1-5-18(6-2,11-13-19-7-3)12-14-20-17-10-8-9-16(4)15-17;;/h7-10,15H,3,5-6,11-14H2,1-2,4H3;1H4;1H/q+1;;/p-1. The fraction of sp³-hybridized carbons (Fsp3) is 0.556. The lowest BCUT2D eigenvalue weighted by Gasteiger charge is -2.36. The quantitative estimate of drug-likeness (QED) is 0.243. The van der Waals surface area contributed by atoms with Gasteiger partial charge in [-0.1, -0.05) is 26.1 Å². The monoisotopic (exact) mass is 421 g/mol. The number of rotatable bonds is 10. The molecule has 0 aliphatic carbocycles. The topological polar surface area (TPSA) is 18.5 Å². The van der Waals surface area contributed by atoms with Gasteiger partial charge in [-0.3, -0.25) is 0 Å². The fourth-order valence-electron chi connectivity index (χ4n) is 2.36. The molecule has 3 nitrogen and oxygen atoms in total. The Labute approximate surface area is 153 Å². The first-order valence-electron chi connectivity index (χ1n) is 7.43. The number of nitrogens with zero attached hydrogens (tertiary/aromatic N) is 1. The molecule has 0 aliphatic heterocycles. The molecular formula is C18H32INO2. The molecule has 0 amide bonds. The van der Waals surface area contributed by atoms with Crippen LogP contribution in [0.25, 0.3) is 0 Å². The maximum Gasteiger partial charge on any atom is 0.137 e. The number of hydrogen-bond donors (Lipinski definition) is 0. The third-order valence-corrected chi connectivity index (χ3v) is 3.97. The van der Waals surface area contributed by atoms with E-state index in [1.54, 1.807) is 0 Å². The number of hydrogen-bond acceptors (Lipinski definition) is 2. The van der Waals surface area contributed by atoms with Gasteiger partial charge in [0.1, 0.15) is 32.1 Å². The van der Waals surface area contributed by atoms with E-state index in [4.69, 9.17) is 9.47 Å². The van der Waals surface area contributed by atoms with Crippen molar-refractivity contribution in [2.24, 2.45) is 0 Å². The molecule has 128 valence electrons. The van der Waals surface area contributed by atoms with E-state index in [1.807, 2.05) is 12.1 Å². The third kappa shape index (κ3) is 8.03. The highest BCUT2D eigenvalue weighted by molar-refractivity contribution is 5.27. The van der Waals surface area contributed by atoms with E-state index in [2.05, 4.69) is 39.5 Å². The number of ether oxygens (including phenoxy) is 2. The summed E-state index contributed by atoms with van der Waals surface area (Å²) in [7, 11) is 0. The van der Waals surface area contributed by atoms with E-state index < -0.39 is 0 Å². The molecule has 0 atom stereocenters. The van der Waals surface area contributed by atoms with E-state index in [0.29, 0.717) is 0 Å². The summed E-state index contributed by atoms with van der Waals surface area (Å²) in [4.78, 5) is 0. The highest BCUT2D eigenvalue weighted by Crippen LogP contribution is 2.13. The lowest BCUT2D eigenvalue weighted by Crippen LogP contribution is -3.00. The van der Waals surface area contributed by atoms with Crippen LogP contribution in [0.5, 0.6) is 5.75 Å². The van der Waals surface area contributed by atoms with Crippen LogP contribution in [0.1, 0.15) is 26.8 Å². The Kier molecular flexibility index (Phi) is 13.6. The van der Waals surface area contributed by atoms with Crippen LogP contribution in [0.4, 0.5) is 0 Å². The molecule has 0 saturated heterocycles. The van der Waals surface area contributed by atoms with Crippen molar-refractivity contribution in [1.29, 1.82) is 0 Å². The summed E-state index contributed by atoms with van der Waals surface area (Å²) < 4.78 is 12.2. The Morgan fingerprint density at radius 2 is 1.77 bits per heavy atom. The van der Waals surface area contributed by atoms with Crippen LogP contribution in [-0.4, -0.2) is 43.9 Å². The molecule has 0 heterocycles. The third-order valence-electron chi connectivity index (χ3n) is 3.97. The molecule has 1 aromatic rings. The van der Waals surface area contributed by atoms with Crippen molar-refractivity contribution in [2.45, 2.75) is 28.2 Å². The normalized spacial score (nSPS) is 10.1. The van der Waals surface area contributed by atoms with E-state index in [-0.39, 0.29) is 31.4 Å². The number of likely N-dealkylation sites (N-methyl/N-ethyl adjacent to an activating group) is 1. The second kappa shape index (κ2) is 12.8. The summed E-state index contributed by atoms with van der Waals surface area (Å²) in [5.74, 6) is 0.956. The molecule has 0 aromatic heterocycles. The van der Waals surface area contributed by atoms with Crippen LogP contribution in [0.3, 0.4) is 0 Å². The van der Waals surface area contributed by atoms with Crippen molar-refractivity contribution in [3.05, 3.63) is 42.7 Å². The maximum absolute atomic E-state index is 5.88. The van der Waals surface area contributed by atoms with Gasteiger partial charge < -0.3 is 37.9 Å². The van der Waals surface area contributed by atoms with Crippen LogP contribution in [-0.2, 0) is 4.74 Å². The van der Waals surface area contributed by atoms with Gasteiger partial charge in [0.2, 0.25) is 0 Å². The summed E-state index contributed by atoms with van der Waals surface area (Å²) in [6, 6.07) is 8.20. The van der Waals surface area contributed by atoms with Gasteiger partial charge in [-0.05, 0) is 38.5 Å². The predicted molar refractivity (Wildman–Crippen MR) is 90.6 cm³/mol. The lowest BCUT2D eigenvalue weighted by molar-refractivity contribution is -0.925. The molecule has 4 heteroatoms. The number of halogens is 1. The first-order valence-corrected chi connectivity index (χ1v) is 7.43.